The molecule has 0 fully saturated rings. The van der Waals surface area contributed by atoms with Crippen molar-refractivity contribution in [1.29, 1.82) is 0 Å². The van der Waals surface area contributed by atoms with Crippen molar-refractivity contribution in [3.05, 3.63) is 131 Å². The first-order valence-corrected chi connectivity index (χ1v) is 14.6. The van der Waals surface area contributed by atoms with Crippen LogP contribution in [0.25, 0.3) is 16.2 Å². The lowest BCUT2D eigenvalue weighted by Crippen LogP contribution is -2.07. The second kappa shape index (κ2) is 8.94. The van der Waals surface area contributed by atoms with Crippen LogP contribution < -0.4 is 0 Å². The predicted molar refractivity (Wildman–Crippen MR) is 149 cm³/mol. The van der Waals surface area contributed by atoms with Crippen LogP contribution in [0.3, 0.4) is 0 Å². The monoisotopic (exact) mass is 476 g/mol. The van der Waals surface area contributed by atoms with E-state index >= 15 is 0 Å². The summed E-state index contributed by atoms with van der Waals surface area (Å²) in [5.74, 6) is 1.60. The number of hydrogen-bond acceptors (Lipinski definition) is 1. The Morgan fingerprint density at radius 2 is 1.26 bits per heavy atom. The maximum Gasteiger partial charge on any atom is 0.0392 e. The lowest BCUT2D eigenvalue weighted by molar-refractivity contribution is 0.791. The molecule has 6 rings (SSSR count). The van der Waals surface area contributed by atoms with E-state index in [2.05, 4.69) is 128 Å². The Labute approximate surface area is 207 Å². The second-order valence-corrected chi connectivity index (χ2v) is 13.3. The summed E-state index contributed by atoms with van der Waals surface area (Å²) in [6.07, 6.45) is 5.84. The number of benzene rings is 4. The highest BCUT2D eigenvalue weighted by molar-refractivity contribution is 8.33. The average molecular weight is 477 g/mol. The Bertz CT molecular complexity index is 1350. The SMILES string of the molecule is CC1CC=Cc2c1sc1c(CS(c3ccccc3)(c3ccccc3)c3ccccc3)cccc21. The molecule has 1 aromatic heterocycles. The van der Waals surface area contributed by atoms with Gasteiger partial charge in [0.15, 0.2) is 0 Å². The van der Waals surface area contributed by atoms with Gasteiger partial charge >= 0.3 is 0 Å². The maximum absolute atomic E-state index is 2.37. The first-order valence-electron chi connectivity index (χ1n) is 11.9. The molecule has 1 unspecified atom stereocenters. The second-order valence-electron chi connectivity index (χ2n) is 9.04. The van der Waals surface area contributed by atoms with Crippen LogP contribution in [0.5, 0.6) is 0 Å². The minimum absolute atomic E-state index is 0.597. The highest BCUT2D eigenvalue weighted by Gasteiger charge is 2.32. The van der Waals surface area contributed by atoms with Gasteiger partial charge in [0, 0.05) is 20.7 Å². The molecule has 168 valence electrons. The fraction of sp³-hybridized carbons (Fsp3) is 0.125. The van der Waals surface area contributed by atoms with Crippen molar-refractivity contribution in [2.75, 3.05) is 0 Å². The van der Waals surface area contributed by atoms with Crippen LogP contribution in [0.15, 0.2) is 130 Å². The summed E-state index contributed by atoms with van der Waals surface area (Å²) in [5, 5.41) is 1.42. The van der Waals surface area contributed by atoms with Crippen molar-refractivity contribution in [3.8, 4) is 0 Å². The molecule has 0 saturated carbocycles. The molecule has 5 aromatic rings. The van der Waals surface area contributed by atoms with E-state index in [4.69, 9.17) is 0 Å². The summed E-state index contributed by atoms with van der Waals surface area (Å²) in [4.78, 5) is 5.79. The molecule has 0 amide bonds. The summed E-state index contributed by atoms with van der Waals surface area (Å²) in [6, 6.07) is 40.5. The maximum atomic E-state index is 2.37. The van der Waals surface area contributed by atoms with Gasteiger partial charge in [-0.2, -0.15) is 10.0 Å². The van der Waals surface area contributed by atoms with Gasteiger partial charge in [-0.3, -0.25) is 0 Å². The van der Waals surface area contributed by atoms with Crippen LogP contribution in [0.4, 0.5) is 0 Å². The minimum atomic E-state index is -1.50. The molecule has 0 N–H and O–H groups in total. The van der Waals surface area contributed by atoms with Crippen molar-refractivity contribution < 1.29 is 0 Å². The van der Waals surface area contributed by atoms with Crippen molar-refractivity contribution in [2.45, 2.75) is 39.7 Å². The van der Waals surface area contributed by atoms with E-state index in [0.29, 0.717) is 5.92 Å². The van der Waals surface area contributed by atoms with E-state index in [1.807, 2.05) is 11.3 Å². The molecule has 2 heteroatoms. The first kappa shape index (κ1) is 21.5. The molecule has 1 aliphatic carbocycles. The van der Waals surface area contributed by atoms with E-state index < -0.39 is 10.0 Å². The van der Waals surface area contributed by atoms with Crippen molar-refractivity contribution in [2.24, 2.45) is 0 Å². The summed E-state index contributed by atoms with van der Waals surface area (Å²) < 4.78 is 1.46. The van der Waals surface area contributed by atoms with Gasteiger partial charge in [0.1, 0.15) is 0 Å². The molecular weight excluding hydrogens is 448 g/mol. The minimum Gasteiger partial charge on any atom is -0.156 e. The number of hydrogen-bond donors (Lipinski definition) is 0. The Morgan fingerprint density at radius 3 is 1.82 bits per heavy atom. The van der Waals surface area contributed by atoms with Crippen LogP contribution in [-0.4, -0.2) is 0 Å². The number of thiophene rings is 1. The number of fused-ring (bicyclic) bond motifs is 3. The molecule has 4 aromatic carbocycles. The summed E-state index contributed by atoms with van der Waals surface area (Å²) in [7, 11) is -1.50. The lowest BCUT2D eigenvalue weighted by atomic mass is 9.94. The quantitative estimate of drug-likeness (QED) is 0.237. The van der Waals surface area contributed by atoms with E-state index in [1.54, 1.807) is 4.88 Å². The zero-order chi connectivity index (χ0) is 23.0. The van der Waals surface area contributed by atoms with Crippen LogP contribution in [-0.2, 0) is 5.75 Å². The van der Waals surface area contributed by atoms with Gasteiger partial charge in [-0.05, 0) is 74.6 Å². The predicted octanol–water partition coefficient (Wildman–Crippen LogP) is 9.90. The molecule has 0 saturated heterocycles. The van der Waals surface area contributed by atoms with Crippen LogP contribution in [0, 0.1) is 0 Å². The third-order valence-electron chi connectivity index (χ3n) is 6.89. The van der Waals surface area contributed by atoms with Crippen LogP contribution >= 0.6 is 21.4 Å². The molecule has 1 atom stereocenters. The fourth-order valence-electron chi connectivity index (χ4n) is 5.21. The standard InChI is InChI=1S/C32H28S2/c1-24-13-11-21-29-30-22-12-14-25(32(30)33-31(24)29)23-34(26-15-5-2-6-16-26,27-17-7-3-8-18-27)28-19-9-4-10-20-28/h2-12,14-22,24H,13,23H2,1H3. The van der Waals surface area contributed by atoms with Gasteiger partial charge in [0.05, 0.1) is 0 Å². The topological polar surface area (TPSA) is 0 Å². The lowest BCUT2D eigenvalue weighted by Gasteiger charge is -2.42. The Kier molecular flexibility index (Phi) is 5.64. The van der Waals surface area contributed by atoms with Crippen molar-refractivity contribution in [3.63, 3.8) is 0 Å². The Balaban J connectivity index is 1.63. The van der Waals surface area contributed by atoms with E-state index in [1.165, 1.54) is 35.9 Å². The zero-order valence-electron chi connectivity index (χ0n) is 19.4. The molecule has 0 radical (unpaired) electrons. The van der Waals surface area contributed by atoms with E-state index in [9.17, 15) is 0 Å². The third-order valence-corrected chi connectivity index (χ3v) is 12.4. The Morgan fingerprint density at radius 1 is 0.706 bits per heavy atom. The molecule has 0 aliphatic heterocycles. The summed E-state index contributed by atoms with van der Waals surface area (Å²) in [5.41, 5.74) is 2.91. The molecule has 1 heterocycles. The first-order chi connectivity index (χ1) is 16.8. The summed E-state index contributed by atoms with van der Waals surface area (Å²) >= 11 is 2.02. The zero-order valence-corrected chi connectivity index (χ0v) is 21.0. The normalized spacial score (nSPS) is 15.9. The van der Waals surface area contributed by atoms with Gasteiger partial charge in [-0.25, -0.2) is 0 Å². The largest absolute Gasteiger partial charge is 0.156 e. The third kappa shape index (κ3) is 3.53. The van der Waals surface area contributed by atoms with Gasteiger partial charge < -0.3 is 0 Å². The molecular formula is C32H28S2. The smallest absolute Gasteiger partial charge is 0.0392 e. The van der Waals surface area contributed by atoms with Gasteiger partial charge in [-0.15, -0.1) is 11.3 Å². The van der Waals surface area contributed by atoms with E-state index in [-0.39, 0.29) is 0 Å². The van der Waals surface area contributed by atoms with Crippen molar-refractivity contribution in [1.82, 2.24) is 0 Å². The molecule has 0 nitrogen and oxygen atoms in total. The molecule has 34 heavy (non-hydrogen) atoms. The average Bonchev–Trinajstić information content (AvgIpc) is 3.30. The number of rotatable bonds is 5. The highest BCUT2D eigenvalue weighted by atomic mass is 32.3. The van der Waals surface area contributed by atoms with Crippen LogP contribution in [0.1, 0.15) is 35.3 Å². The van der Waals surface area contributed by atoms with Gasteiger partial charge in [0.2, 0.25) is 0 Å². The number of allylic oxidation sites excluding steroid dienone is 1. The van der Waals surface area contributed by atoms with Gasteiger partial charge in [-0.1, -0.05) is 91.9 Å². The molecule has 0 spiro atoms. The Hall–Kier alpha value is -3.07. The highest BCUT2D eigenvalue weighted by Crippen LogP contribution is 2.70. The van der Waals surface area contributed by atoms with Crippen LogP contribution in [0.2, 0.25) is 0 Å². The summed E-state index contributed by atoms with van der Waals surface area (Å²) in [6.45, 7) is 2.37. The van der Waals surface area contributed by atoms with Gasteiger partial charge in [0.25, 0.3) is 0 Å². The van der Waals surface area contributed by atoms with Crippen molar-refractivity contribution >= 4 is 37.5 Å². The molecule has 1 aliphatic rings. The van der Waals surface area contributed by atoms with E-state index in [0.717, 1.165) is 12.2 Å². The fourth-order valence-corrected chi connectivity index (χ4v) is 10.6. The molecule has 0 bridgehead atoms.